The molecule has 150 valence electrons. The van der Waals surface area contributed by atoms with Crippen molar-refractivity contribution in [1.29, 1.82) is 0 Å². The van der Waals surface area contributed by atoms with Crippen LogP contribution in [0.3, 0.4) is 0 Å². The van der Waals surface area contributed by atoms with Crippen LogP contribution in [0.25, 0.3) is 0 Å². The molecule has 0 aliphatic heterocycles. The maximum Gasteiger partial charge on any atom is 0.387 e. The van der Waals surface area contributed by atoms with Gasteiger partial charge in [0, 0.05) is 12.6 Å². The molecule has 1 atom stereocenters. The highest BCUT2D eigenvalue weighted by Crippen LogP contribution is 2.18. The second kappa shape index (κ2) is 10.2. The summed E-state index contributed by atoms with van der Waals surface area (Å²) in [6.45, 7) is -0.854. The number of halogens is 2. The molecule has 0 spiro atoms. The number of carbonyl (C=O) groups excluding carboxylic acids is 2. The third-order valence-corrected chi connectivity index (χ3v) is 4.77. The van der Waals surface area contributed by atoms with Crippen LogP contribution < -0.4 is 15.4 Å². The highest BCUT2D eigenvalue weighted by atomic mass is 19.3. The van der Waals surface area contributed by atoms with Gasteiger partial charge in [-0.05, 0) is 44.5 Å². The van der Waals surface area contributed by atoms with Crippen molar-refractivity contribution in [2.75, 3.05) is 7.05 Å². The van der Waals surface area contributed by atoms with Gasteiger partial charge in [-0.2, -0.15) is 8.78 Å². The summed E-state index contributed by atoms with van der Waals surface area (Å²) in [6, 6.07) is 5.40. The number of nitrogens with zero attached hydrogens (tertiary/aromatic N) is 1. The number of hydrogen-bond donors (Lipinski definition) is 2. The van der Waals surface area contributed by atoms with E-state index in [4.69, 9.17) is 0 Å². The molecular formula is C19H27F2N3O3. The lowest BCUT2D eigenvalue weighted by atomic mass is 9.96. The van der Waals surface area contributed by atoms with E-state index in [9.17, 15) is 18.4 Å². The van der Waals surface area contributed by atoms with E-state index in [0.717, 1.165) is 31.2 Å². The molecule has 1 fully saturated rings. The van der Waals surface area contributed by atoms with Crippen LogP contribution in [0.4, 0.5) is 13.6 Å². The number of urea groups is 1. The summed E-state index contributed by atoms with van der Waals surface area (Å²) in [5, 5.41) is 5.22. The van der Waals surface area contributed by atoms with Gasteiger partial charge in [0.25, 0.3) is 0 Å². The lowest BCUT2D eigenvalue weighted by Crippen LogP contribution is -2.50. The Morgan fingerprint density at radius 1 is 1.26 bits per heavy atom. The molecule has 2 N–H and O–H groups in total. The molecule has 1 saturated carbocycles. The molecule has 1 aromatic carbocycles. The van der Waals surface area contributed by atoms with Gasteiger partial charge >= 0.3 is 12.6 Å². The van der Waals surface area contributed by atoms with E-state index in [0.29, 0.717) is 6.54 Å². The quantitative estimate of drug-likeness (QED) is 0.758. The summed E-state index contributed by atoms with van der Waals surface area (Å²) in [4.78, 5) is 26.0. The fourth-order valence-electron chi connectivity index (χ4n) is 3.13. The van der Waals surface area contributed by atoms with E-state index in [-0.39, 0.29) is 11.8 Å². The number of benzene rings is 1. The van der Waals surface area contributed by atoms with Gasteiger partial charge in [-0.3, -0.25) is 15.0 Å². The van der Waals surface area contributed by atoms with Gasteiger partial charge in [0.2, 0.25) is 5.91 Å². The molecule has 0 aromatic heterocycles. The van der Waals surface area contributed by atoms with Crippen LogP contribution in [0.5, 0.6) is 5.75 Å². The number of rotatable bonds is 7. The van der Waals surface area contributed by atoms with Gasteiger partial charge in [-0.15, -0.1) is 0 Å². The van der Waals surface area contributed by atoms with Gasteiger partial charge in [0.1, 0.15) is 5.75 Å². The summed E-state index contributed by atoms with van der Waals surface area (Å²) in [5.74, 6) is -0.342. The first-order valence-corrected chi connectivity index (χ1v) is 9.20. The Balaban J connectivity index is 1.83. The average molecular weight is 383 g/mol. The molecule has 0 radical (unpaired) electrons. The van der Waals surface area contributed by atoms with E-state index in [2.05, 4.69) is 15.4 Å². The molecule has 6 nitrogen and oxygen atoms in total. The van der Waals surface area contributed by atoms with E-state index in [1.54, 1.807) is 31.0 Å². The van der Waals surface area contributed by atoms with Gasteiger partial charge in [-0.1, -0.05) is 31.4 Å². The minimum atomic E-state index is -2.88. The monoisotopic (exact) mass is 383 g/mol. The van der Waals surface area contributed by atoms with E-state index >= 15 is 0 Å². The number of imide groups is 1. The Morgan fingerprint density at radius 3 is 2.63 bits per heavy atom. The van der Waals surface area contributed by atoms with Crippen LogP contribution in [0.2, 0.25) is 0 Å². The zero-order valence-corrected chi connectivity index (χ0v) is 15.7. The third-order valence-electron chi connectivity index (χ3n) is 4.77. The van der Waals surface area contributed by atoms with Crippen LogP contribution in [-0.2, 0) is 11.3 Å². The highest BCUT2D eigenvalue weighted by Gasteiger charge is 2.22. The molecule has 0 heterocycles. The van der Waals surface area contributed by atoms with Crippen molar-refractivity contribution in [3.8, 4) is 5.75 Å². The molecular weight excluding hydrogens is 356 g/mol. The summed E-state index contributed by atoms with van der Waals surface area (Å²) in [7, 11) is 1.73. The van der Waals surface area contributed by atoms with E-state index in [1.807, 2.05) is 0 Å². The molecule has 27 heavy (non-hydrogen) atoms. The summed E-state index contributed by atoms with van der Waals surface area (Å²) in [5.41, 5.74) is 0.724. The van der Waals surface area contributed by atoms with Gasteiger partial charge in [0.15, 0.2) is 0 Å². The van der Waals surface area contributed by atoms with Crippen molar-refractivity contribution >= 4 is 11.9 Å². The van der Waals surface area contributed by atoms with Crippen molar-refractivity contribution in [2.24, 2.45) is 0 Å². The number of likely N-dealkylation sites (N-methyl/N-ethyl adjacent to an activating group) is 1. The molecule has 0 bridgehead atoms. The molecule has 8 heteroatoms. The number of ether oxygens (including phenoxy) is 1. The zero-order chi connectivity index (χ0) is 19.8. The number of hydrogen-bond acceptors (Lipinski definition) is 4. The first-order valence-electron chi connectivity index (χ1n) is 9.20. The summed E-state index contributed by atoms with van der Waals surface area (Å²) in [6.07, 6.45) is 5.24. The smallest absolute Gasteiger partial charge is 0.387 e. The lowest BCUT2D eigenvalue weighted by Gasteiger charge is -2.25. The first kappa shape index (κ1) is 21.1. The molecule has 1 unspecified atom stereocenters. The zero-order valence-electron chi connectivity index (χ0n) is 15.7. The largest absolute Gasteiger partial charge is 0.435 e. The normalized spacial score (nSPS) is 16.2. The lowest BCUT2D eigenvalue weighted by molar-refractivity contribution is -0.124. The number of alkyl halides is 2. The Labute approximate surface area is 158 Å². The third kappa shape index (κ3) is 7.13. The summed E-state index contributed by atoms with van der Waals surface area (Å²) >= 11 is 0. The Bertz CT molecular complexity index is 636. The molecule has 1 aromatic rings. The molecule has 1 aliphatic rings. The van der Waals surface area contributed by atoms with Crippen LogP contribution in [-0.4, -0.2) is 42.6 Å². The Morgan fingerprint density at radius 2 is 1.96 bits per heavy atom. The Kier molecular flexibility index (Phi) is 7.97. The first-order chi connectivity index (χ1) is 12.8. The fraction of sp³-hybridized carbons (Fsp3) is 0.579. The maximum atomic E-state index is 12.3. The van der Waals surface area contributed by atoms with E-state index in [1.165, 1.54) is 18.6 Å². The predicted molar refractivity (Wildman–Crippen MR) is 97.6 cm³/mol. The van der Waals surface area contributed by atoms with Gasteiger partial charge in [-0.25, -0.2) is 4.79 Å². The summed E-state index contributed by atoms with van der Waals surface area (Å²) < 4.78 is 29.0. The Hall–Kier alpha value is -2.22. The van der Waals surface area contributed by atoms with Gasteiger partial charge in [0.05, 0.1) is 6.04 Å². The van der Waals surface area contributed by atoms with Crippen molar-refractivity contribution in [3.05, 3.63) is 29.8 Å². The molecule has 2 rings (SSSR count). The van der Waals surface area contributed by atoms with Crippen LogP contribution in [0, 0.1) is 0 Å². The number of nitrogens with one attached hydrogen (secondary N) is 2. The highest BCUT2D eigenvalue weighted by molar-refractivity contribution is 5.96. The van der Waals surface area contributed by atoms with Crippen molar-refractivity contribution < 1.29 is 23.1 Å². The molecule has 0 saturated heterocycles. The van der Waals surface area contributed by atoms with Crippen molar-refractivity contribution in [3.63, 3.8) is 0 Å². The van der Waals surface area contributed by atoms with Crippen molar-refractivity contribution in [1.82, 2.24) is 15.5 Å². The minimum absolute atomic E-state index is 0.0693. The predicted octanol–water partition coefficient (Wildman–Crippen LogP) is 3.27. The van der Waals surface area contributed by atoms with Crippen LogP contribution in [0.1, 0.15) is 44.6 Å². The number of carbonyl (C=O) groups is 2. The standard InChI is InChI=1S/C19H27F2N3O3/c1-13(17(25)23-19(26)22-15-8-4-3-5-9-15)24(2)12-14-7-6-10-16(11-14)27-18(20)21/h6-7,10-11,13,15,18H,3-5,8-9,12H2,1-2H3,(H2,22,23,25,26). The van der Waals surface area contributed by atoms with Crippen LogP contribution in [0.15, 0.2) is 24.3 Å². The fourth-order valence-corrected chi connectivity index (χ4v) is 3.13. The van der Waals surface area contributed by atoms with Crippen molar-refractivity contribution in [2.45, 2.75) is 64.3 Å². The topological polar surface area (TPSA) is 70.7 Å². The van der Waals surface area contributed by atoms with Crippen LogP contribution >= 0.6 is 0 Å². The van der Waals surface area contributed by atoms with Gasteiger partial charge < -0.3 is 10.1 Å². The second-order valence-corrected chi connectivity index (χ2v) is 6.91. The van der Waals surface area contributed by atoms with E-state index < -0.39 is 24.6 Å². The molecule has 3 amide bonds. The molecule has 1 aliphatic carbocycles. The minimum Gasteiger partial charge on any atom is -0.435 e. The second-order valence-electron chi connectivity index (χ2n) is 6.91. The number of amides is 3. The maximum absolute atomic E-state index is 12.3. The SMILES string of the molecule is CC(C(=O)NC(=O)NC1CCCCC1)N(C)Cc1cccc(OC(F)F)c1. The average Bonchev–Trinajstić information content (AvgIpc) is 2.61.